The zero-order chi connectivity index (χ0) is 19.3. The maximum atomic E-state index is 11.2. The lowest BCUT2D eigenvalue weighted by atomic mass is 9.98. The Bertz CT molecular complexity index is 385. The van der Waals surface area contributed by atoms with E-state index < -0.39 is 13.4 Å². The summed E-state index contributed by atoms with van der Waals surface area (Å²) in [5, 5.41) is 0. The van der Waals surface area contributed by atoms with Crippen LogP contribution in [0.4, 0.5) is 0 Å². The molecule has 8 heteroatoms. The molecule has 0 saturated carbocycles. The van der Waals surface area contributed by atoms with Crippen LogP contribution in [-0.4, -0.2) is 22.1 Å². The van der Waals surface area contributed by atoms with Crippen LogP contribution in [0.2, 0.25) is 0 Å². The summed E-state index contributed by atoms with van der Waals surface area (Å²) in [4.78, 5) is 18.5. The van der Waals surface area contributed by atoms with Crippen molar-refractivity contribution < 1.29 is 18.9 Å². The Labute approximate surface area is 163 Å². The van der Waals surface area contributed by atoms with Gasteiger partial charge in [-0.25, -0.2) is 0 Å². The second-order valence-electron chi connectivity index (χ2n) is 7.20. The SMILES string of the molecule is CCC(CCCCCCCCCC(CC)CP(=O)(O)Cl)CP(=O)(O)Cl. The van der Waals surface area contributed by atoms with Crippen molar-refractivity contribution in [3.63, 3.8) is 0 Å². The molecule has 0 amide bonds. The Morgan fingerprint density at radius 2 is 0.960 bits per heavy atom. The molecular formula is C17H36Cl2O4P2. The van der Waals surface area contributed by atoms with E-state index in [2.05, 4.69) is 0 Å². The van der Waals surface area contributed by atoms with Crippen LogP contribution in [0.15, 0.2) is 0 Å². The molecular weight excluding hydrogens is 401 g/mol. The summed E-state index contributed by atoms with van der Waals surface area (Å²) in [5.74, 6) is 0.507. The third-order valence-corrected chi connectivity index (χ3v) is 7.61. The first-order chi connectivity index (χ1) is 11.6. The van der Waals surface area contributed by atoms with Gasteiger partial charge in [0.1, 0.15) is 0 Å². The Kier molecular flexibility index (Phi) is 14.6. The Hall–Kier alpha value is 0.960. The number of hydrogen-bond donors (Lipinski definition) is 2. The number of halogens is 2. The van der Waals surface area contributed by atoms with Gasteiger partial charge in [-0.2, -0.15) is 0 Å². The molecule has 0 aromatic carbocycles. The maximum Gasteiger partial charge on any atom is 0.287 e. The first kappa shape index (κ1) is 26.0. The van der Waals surface area contributed by atoms with Crippen LogP contribution < -0.4 is 0 Å². The van der Waals surface area contributed by atoms with Gasteiger partial charge in [0.05, 0.1) is 0 Å². The lowest BCUT2D eigenvalue weighted by Gasteiger charge is -2.15. The fraction of sp³-hybridized carbons (Fsp3) is 1.00. The summed E-state index contributed by atoms with van der Waals surface area (Å²) in [6.45, 7) is -2.73. The molecule has 0 bridgehead atoms. The zero-order valence-corrected chi connectivity index (χ0v) is 19.0. The number of rotatable bonds is 16. The van der Waals surface area contributed by atoms with Gasteiger partial charge in [-0.15, -0.1) is 0 Å². The summed E-state index contributed by atoms with van der Waals surface area (Å²) in [6, 6.07) is 0. The molecule has 0 aliphatic rings. The second-order valence-corrected chi connectivity index (χ2v) is 13.6. The van der Waals surface area contributed by atoms with Gasteiger partial charge >= 0.3 is 0 Å². The van der Waals surface area contributed by atoms with Crippen molar-refractivity contribution in [2.24, 2.45) is 11.8 Å². The predicted octanol–water partition coefficient (Wildman–Crippen LogP) is 7.40. The highest BCUT2D eigenvalue weighted by Crippen LogP contribution is 2.49. The third-order valence-electron chi connectivity index (χ3n) is 4.85. The average Bonchev–Trinajstić information content (AvgIpc) is 2.48. The predicted molar refractivity (Wildman–Crippen MR) is 110 cm³/mol. The molecule has 152 valence electrons. The molecule has 0 aliphatic heterocycles. The van der Waals surface area contributed by atoms with Gasteiger partial charge in [0, 0.05) is 12.3 Å². The minimum Gasteiger partial charge on any atom is -0.333 e. The van der Waals surface area contributed by atoms with Gasteiger partial charge in [0.2, 0.25) is 0 Å². The van der Waals surface area contributed by atoms with Crippen LogP contribution in [-0.2, 0) is 9.13 Å². The van der Waals surface area contributed by atoms with Crippen LogP contribution in [0.5, 0.6) is 0 Å². The fourth-order valence-electron chi connectivity index (χ4n) is 3.24. The number of hydrogen-bond acceptors (Lipinski definition) is 2. The zero-order valence-electron chi connectivity index (χ0n) is 15.7. The third kappa shape index (κ3) is 18.1. The van der Waals surface area contributed by atoms with E-state index in [1.165, 1.54) is 19.3 Å². The van der Waals surface area contributed by atoms with Crippen LogP contribution in [0.1, 0.15) is 84.5 Å². The number of unbranched alkanes of at least 4 members (excludes halogenated alkanes) is 6. The van der Waals surface area contributed by atoms with E-state index >= 15 is 0 Å². The quantitative estimate of drug-likeness (QED) is 0.195. The molecule has 2 N–H and O–H groups in total. The molecule has 0 fully saturated rings. The molecule has 0 aliphatic carbocycles. The molecule has 0 saturated heterocycles. The summed E-state index contributed by atoms with van der Waals surface area (Å²) < 4.78 is 22.5. The van der Waals surface area contributed by atoms with Crippen molar-refractivity contribution >= 4 is 35.9 Å². The van der Waals surface area contributed by atoms with Gasteiger partial charge in [0.15, 0.2) is 0 Å². The lowest BCUT2D eigenvalue weighted by Crippen LogP contribution is -2.04. The molecule has 0 heterocycles. The van der Waals surface area contributed by atoms with Crippen molar-refractivity contribution in [3.05, 3.63) is 0 Å². The summed E-state index contributed by atoms with van der Waals surface area (Å²) >= 11 is 10.9. The van der Waals surface area contributed by atoms with Crippen LogP contribution >= 0.6 is 35.9 Å². The van der Waals surface area contributed by atoms with E-state index in [1.54, 1.807) is 0 Å². The van der Waals surface area contributed by atoms with Crippen molar-refractivity contribution in [2.45, 2.75) is 84.5 Å². The first-order valence-electron chi connectivity index (χ1n) is 9.60. The highest BCUT2D eigenvalue weighted by atomic mass is 35.7. The molecule has 25 heavy (non-hydrogen) atoms. The molecule has 0 spiro atoms. The highest BCUT2D eigenvalue weighted by molar-refractivity contribution is 7.84. The van der Waals surface area contributed by atoms with Gasteiger partial charge in [-0.1, -0.05) is 71.6 Å². The normalized spacial score (nSPS) is 19.1. The van der Waals surface area contributed by atoms with Crippen molar-refractivity contribution in [1.82, 2.24) is 0 Å². The maximum absolute atomic E-state index is 11.2. The van der Waals surface area contributed by atoms with Gasteiger partial charge < -0.3 is 9.79 Å². The Morgan fingerprint density at radius 3 is 1.20 bits per heavy atom. The minimum atomic E-state index is -3.41. The van der Waals surface area contributed by atoms with Crippen molar-refractivity contribution in [3.8, 4) is 0 Å². The first-order valence-corrected chi connectivity index (χ1v) is 15.1. The summed E-state index contributed by atoms with van der Waals surface area (Å²) in [6.07, 6.45) is 12.3. The standard InChI is InChI=1S/C17H36Cl2O4P2/c1-3-16(14-24(18,20)21)12-10-8-6-5-7-9-11-13-17(4-2)15-25(19,22)23/h16-17H,3-15H2,1-2H3,(H,20,21)(H,22,23). The monoisotopic (exact) mass is 436 g/mol. The van der Waals surface area contributed by atoms with Crippen LogP contribution in [0.3, 0.4) is 0 Å². The van der Waals surface area contributed by atoms with Gasteiger partial charge in [-0.05, 0) is 47.2 Å². The molecule has 4 nitrogen and oxygen atoms in total. The summed E-state index contributed by atoms with van der Waals surface area (Å²) in [5.41, 5.74) is 0. The van der Waals surface area contributed by atoms with E-state index in [-0.39, 0.29) is 24.2 Å². The lowest BCUT2D eigenvalue weighted by molar-refractivity contribution is 0.434. The van der Waals surface area contributed by atoms with Crippen molar-refractivity contribution in [2.75, 3.05) is 12.3 Å². The second kappa shape index (κ2) is 14.0. The molecule has 0 aromatic rings. The van der Waals surface area contributed by atoms with E-state index in [4.69, 9.17) is 22.5 Å². The van der Waals surface area contributed by atoms with E-state index in [0.717, 1.165) is 51.4 Å². The fourth-order valence-corrected chi connectivity index (χ4v) is 6.56. The summed E-state index contributed by atoms with van der Waals surface area (Å²) in [7, 11) is 0. The Morgan fingerprint density at radius 1 is 0.680 bits per heavy atom. The topological polar surface area (TPSA) is 74.6 Å². The Balaban J connectivity index is 3.61. The highest BCUT2D eigenvalue weighted by Gasteiger charge is 2.20. The van der Waals surface area contributed by atoms with E-state index in [9.17, 15) is 18.9 Å². The van der Waals surface area contributed by atoms with Gasteiger partial charge in [-0.3, -0.25) is 9.13 Å². The average molecular weight is 437 g/mol. The molecule has 4 atom stereocenters. The van der Waals surface area contributed by atoms with Gasteiger partial charge in [0.25, 0.3) is 13.4 Å². The molecule has 0 rings (SSSR count). The van der Waals surface area contributed by atoms with E-state index in [1.807, 2.05) is 13.8 Å². The van der Waals surface area contributed by atoms with Crippen molar-refractivity contribution in [1.29, 1.82) is 0 Å². The minimum absolute atomic E-state index is 0.229. The molecule has 0 aromatic heterocycles. The largest absolute Gasteiger partial charge is 0.333 e. The van der Waals surface area contributed by atoms with E-state index in [0.29, 0.717) is 0 Å². The van der Waals surface area contributed by atoms with Crippen LogP contribution in [0.25, 0.3) is 0 Å². The molecule has 0 radical (unpaired) electrons. The van der Waals surface area contributed by atoms with Crippen LogP contribution in [0, 0.1) is 11.8 Å². The molecule has 4 unspecified atom stereocenters. The smallest absolute Gasteiger partial charge is 0.287 e.